The first-order valence-corrected chi connectivity index (χ1v) is 6.22. The van der Waals surface area contributed by atoms with Gasteiger partial charge in [0.1, 0.15) is 0 Å². The molecule has 1 saturated heterocycles. The van der Waals surface area contributed by atoms with E-state index in [1.807, 2.05) is 19.2 Å². The second-order valence-electron chi connectivity index (χ2n) is 4.59. The molecule has 2 N–H and O–H groups in total. The van der Waals surface area contributed by atoms with E-state index in [1.165, 1.54) is 38.0 Å². The number of nitrogens with zero attached hydrogens (tertiary/aromatic N) is 1. The molecule has 0 bridgehead atoms. The molecule has 96 valence electrons. The molecule has 3 nitrogen and oxygen atoms in total. The number of hydrogen-bond acceptors (Lipinski definition) is 3. The van der Waals surface area contributed by atoms with Crippen LogP contribution in [0.2, 0.25) is 0 Å². The average molecular weight is 256 g/mol. The van der Waals surface area contributed by atoms with Crippen molar-refractivity contribution in [3.05, 3.63) is 24.0 Å². The van der Waals surface area contributed by atoms with Crippen LogP contribution in [0.4, 0.5) is 5.69 Å². The van der Waals surface area contributed by atoms with E-state index in [0.717, 1.165) is 18.2 Å². The molecule has 1 fully saturated rings. The first-order valence-electron chi connectivity index (χ1n) is 6.22. The zero-order valence-corrected chi connectivity index (χ0v) is 11.2. The molecule has 0 aliphatic carbocycles. The van der Waals surface area contributed by atoms with Crippen molar-refractivity contribution >= 4 is 18.1 Å². The Kier molecular flexibility index (Phi) is 6.30. The number of pyridine rings is 1. The Morgan fingerprint density at radius 1 is 1.41 bits per heavy atom. The molecule has 0 spiro atoms. The summed E-state index contributed by atoms with van der Waals surface area (Å²) in [5.74, 6) is 0.900. The van der Waals surface area contributed by atoms with Gasteiger partial charge in [-0.3, -0.25) is 4.98 Å². The van der Waals surface area contributed by atoms with Gasteiger partial charge in [0.25, 0.3) is 0 Å². The molecule has 2 heterocycles. The van der Waals surface area contributed by atoms with Gasteiger partial charge in [-0.05, 0) is 57.3 Å². The Hall–Kier alpha value is -0.800. The summed E-state index contributed by atoms with van der Waals surface area (Å²) in [7, 11) is 0. The van der Waals surface area contributed by atoms with Gasteiger partial charge in [-0.2, -0.15) is 0 Å². The highest BCUT2D eigenvalue weighted by Gasteiger charge is 2.11. The van der Waals surface area contributed by atoms with Crippen LogP contribution in [0.3, 0.4) is 0 Å². The SMILES string of the molecule is Cc1cc(NCCC2CCNCC2)ccn1.Cl. The third kappa shape index (κ3) is 4.92. The van der Waals surface area contributed by atoms with E-state index in [2.05, 4.69) is 21.7 Å². The smallest absolute Gasteiger partial charge is 0.0393 e. The Balaban J connectivity index is 0.00000144. The molecule has 17 heavy (non-hydrogen) atoms. The number of hydrogen-bond donors (Lipinski definition) is 2. The molecule has 0 unspecified atom stereocenters. The lowest BCUT2D eigenvalue weighted by Crippen LogP contribution is -2.28. The highest BCUT2D eigenvalue weighted by Crippen LogP contribution is 2.16. The van der Waals surface area contributed by atoms with Crippen LogP contribution < -0.4 is 10.6 Å². The van der Waals surface area contributed by atoms with Crippen LogP contribution in [0.5, 0.6) is 0 Å². The number of nitrogens with one attached hydrogen (secondary N) is 2. The minimum atomic E-state index is 0. The molecular weight excluding hydrogens is 234 g/mol. The zero-order valence-electron chi connectivity index (χ0n) is 10.4. The first kappa shape index (κ1) is 14.3. The molecule has 1 aliphatic heterocycles. The van der Waals surface area contributed by atoms with E-state index >= 15 is 0 Å². The summed E-state index contributed by atoms with van der Waals surface area (Å²) in [6, 6.07) is 4.14. The van der Waals surface area contributed by atoms with E-state index in [0.29, 0.717) is 0 Å². The minimum absolute atomic E-state index is 0. The van der Waals surface area contributed by atoms with Gasteiger partial charge in [0.15, 0.2) is 0 Å². The maximum absolute atomic E-state index is 4.19. The number of halogens is 1. The Labute approximate surface area is 110 Å². The summed E-state index contributed by atoms with van der Waals surface area (Å²) in [5, 5.41) is 6.87. The lowest BCUT2D eigenvalue weighted by molar-refractivity contribution is 0.361. The Bertz CT molecular complexity index is 324. The molecular formula is C13H22ClN3. The standard InChI is InChI=1S/C13H21N3.ClH/c1-11-10-13(5-9-15-11)16-8-4-12-2-6-14-7-3-12;/h5,9-10,12,14H,2-4,6-8H2,1H3,(H,15,16);1H. The Morgan fingerprint density at radius 2 is 2.18 bits per heavy atom. The molecule has 4 heteroatoms. The van der Waals surface area contributed by atoms with Gasteiger partial charge >= 0.3 is 0 Å². The highest BCUT2D eigenvalue weighted by atomic mass is 35.5. The topological polar surface area (TPSA) is 37.0 Å². The van der Waals surface area contributed by atoms with Crippen LogP contribution in [0.15, 0.2) is 18.3 Å². The monoisotopic (exact) mass is 255 g/mol. The minimum Gasteiger partial charge on any atom is -0.385 e. The summed E-state index contributed by atoms with van der Waals surface area (Å²) in [5.41, 5.74) is 2.27. The molecule has 1 aromatic heterocycles. The summed E-state index contributed by atoms with van der Waals surface area (Å²) in [6.45, 7) is 5.49. The number of aromatic nitrogens is 1. The second-order valence-corrected chi connectivity index (χ2v) is 4.59. The van der Waals surface area contributed by atoms with Crippen molar-refractivity contribution in [3.8, 4) is 0 Å². The van der Waals surface area contributed by atoms with Gasteiger partial charge in [-0.1, -0.05) is 0 Å². The molecule has 0 amide bonds. The molecule has 0 aromatic carbocycles. The van der Waals surface area contributed by atoms with E-state index in [1.54, 1.807) is 0 Å². The third-order valence-corrected chi connectivity index (χ3v) is 3.24. The number of rotatable bonds is 4. The summed E-state index contributed by atoms with van der Waals surface area (Å²) < 4.78 is 0. The average Bonchev–Trinajstić information content (AvgIpc) is 2.30. The number of piperidine rings is 1. The van der Waals surface area contributed by atoms with Gasteiger partial charge in [-0.25, -0.2) is 0 Å². The van der Waals surface area contributed by atoms with Crippen molar-refractivity contribution in [2.24, 2.45) is 5.92 Å². The fourth-order valence-corrected chi connectivity index (χ4v) is 2.25. The maximum Gasteiger partial charge on any atom is 0.0393 e. The number of aryl methyl sites for hydroxylation is 1. The Morgan fingerprint density at radius 3 is 2.88 bits per heavy atom. The van der Waals surface area contributed by atoms with E-state index in [9.17, 15) is 0 Å². The molecule has 0 radical (unpaired) electrons. The van der Waals surface area contributed by atoms with Gasteiger partial charge in [0, 0.05) is 24.1 Å². The van der Waals surface area contributed by atoms with Crippen LogP contribution in [-0.2, 0) is 0 Å². The predicted molar refractivity (Wildman–Crippen MR) is 74.9 cm³/mol. The van der Waals surface area contributed by atoms with Crippen molar-refractivity contribution in [2.45, 2.75) is 26.2 Å². The van der Waals surface area contributed by atoms with Gasteiger partial charge < -0.3 is 10.6 Å². The predicted octanol–water partition coefficient (Wildman–Crippen LogP) is 2.61. The van der Waals surface area contributed by atoms with E-state index in [-0.39, 0.29) is 12.4 Å². The second kappa shape index (κ2) is 7.51. The fourth-order valence-electron chi connectivity index (χ4n) is 2.25. The van der Waals surface area contributed by atoms with Gasteiger partial charge in [0.05, 0.1) is 0 Å². The molecule has 0 atom stereocenters. The zero-order chi connectivity index (χ0) is 11.2. The highest BCUT2D eigenvalue weighted by molar-refractivity contribution is 5.85. The lowest BCUT2D eigenvalue weighted by Gasteiger charge is -2.22. The summed E-state index contributed by atoms with van der Waals surface area (Å²) in [4.78, 5) is 4.19. The van der Waals surface area contributed by atoms with Crippen LogP contribution in [0.25, 0.3) is 0 Å². The van der Waals surface area contributed by atoms with Crippen molar-refractivity contribution in [3.63, 3.8) is 0 Å². The molecule has 2 rings (SSSR count). The van der Waals surface area contributed by atoms with Crippen molar-refractivity contribution in [1.29, 1.82) is 0 Å². The first-order chi connectivity index (χ1) is 7.84. The van der Waals surface area contributed by atoms with Crippen molar-refractivity contribution < 1.29 is 0 Å². The summed E-state index contributed by atoms with van der Waals surface area (Å²) in [6.07, 6.45) is 5.80. The quantitative estimate of drug-likeness (QED) is 0.869. The van der Waals surface area contributed by atoms with Crippen LogP contribution in [0.1, 0.15) is 25.0 Å². The lowest BCUT2D eigenvalue weighted by atomic mass is 9.95. The van der Waals surface area contributed by atoms with Crippen LogP contribution in [-0.4, -0.2) is 24.6 Å². The number of anilines is 1. The molecule has 1 aromatic rings. The normalized spacial score (nSPS) is 16.3. The van der Waals surface area contributed by atoms with E-state index in [4.69, 9.17) is 0 Å². The fraction of sp³-hybridized carbons (Fsp3) is 0.615. The van der Waals surface area contributed by atoms with Crippen LogP contribution in [0, 0.1) is 12.8 Å². The molecule has 0 saturated carbocycles. The van der Waals surface area contributed by atoms with E-state index < -0.39 is 0 Å². The maximum atomic E-state index is 4.19. The molecule has 1 aliphatic rings. The van der Waals surface area contributed by atoms with Crippen molar-refractivity contribution in [1.82, 2.24) is 10.3 Å². The summed E-state index contributed by atoms with van der Waals surface area (Å²) >= 11 is 0. The third-order valence-electron chi connectivity index (χ3n) is 3.24. The van der Waals surface area contributed by atoms with Gasteiger partial charge in [0.2, 0.25) is 0 Å². The van der Waals surface area contributed by atoms with Crippen molar-refractivity contribution in [2.75, 3.05) is 25.0 Å². The van der Waals surface area contributed by atoms with Crippen LogP contribution >= 0.6 is 12.4 Å². The van der Waals surface area contributed by atoms with Gasteiger partial charge in [-0.15, -0.1) is 12.4 Å². The largest absolute Gasteiger partial charge is 0.385 e.